The average Bonchev–Trinajstić information content (AvgIpc) is 2.98. The predicted molar refractivity (Wildman–Crippen MR) is 106 cm³/mol. The summed E-state index contributed by atoms with van der Waals surface area (Å²) in [6.45, 7) is 6.07. The topological polar surface area (TPSA) is 85.8 Å². The van der Waals surface area contributed by atoms with Crippen LogP contribution in [0.3, 0.4) is 0 Å². The molecule has 2 aromatic rings. The van der Waals surface area contributed by atoms with Crippen LogP contribution in [0.5, 0.6) is 0 Å². The van der Waals surface area contributed by atoms with E-state index in [9.17, 15) is 4.79 Å². The van der Waals surface area contributed by atoms with Crippen molar-refractivity contribution in [1.82, 2.24) is 14.9 Å². The van der Waals surface area contributed by atoms with Gasteiger partial charge in [0.05, 0.1) is 5.75 Å². The number of rotatable bonds is 5. The zero-order valence-electron chi connectivity index (χ0n) is 15.7. The van der Waals surface area contributed by atoms with Crippen LogP contribution in [-0.2, 0) is 4.79 Å². The van der Waals surface area contributed by atoms with Crippen LogP contribution in [0.25, 0.3) is 0 Å². The molecule has 1 saturated carbocycles. The van der Waals surface area contributed by atoms with Crippen molar-refractivity contribution in [1.29, 1.82) is 0 Å². The summed E-state index contributed by atoms with van der Waals surface area (Å²) in [5.74, 6) is 7.61. The van der Waals surface area contributed by atoms with Crippen LogP contribution >= 0.6 is 11.8 Å². The van der Waals surface area contributed by atoms with Gasteiger partial charge in [-0.15, -0.1) is 10.2 Å². The fraction of sp³-hybridized carbons (Fsp3) is 0.526. The summed E-state index contributed by atoms with van der Waals surface area (Å²) in [5.41, 5.74) is 4.22. The SMILES string of the molecule is Cc1cc(C)c(NC(=O)CSc2nnc(C3CCCCC3)n2N)c(C)c1. The van der Waals surface area contributed by atoms with E-state index in [1.54, 1.807) is 4.68 Å². The maximum Gasteiger partial charge on any atom is 0.234 e. The lowest BCUT2D eigenvalue weighted by atomic mass is 9.89. The number of nitrogens with two attached hydrogens (primary N) is 1. The first-order chi connectivity index (χ1) is 12.5. The quantitative estimate of drug-likeness (QED) is 0.616. The second-order valence-electron chi connectivity index (χ2n) is 7.16. The molecule has 0 spiro atoms. The van der Waals surface area contributed by atoms with Gasteiger partial charge in [-0.2, -0.15) is 0 Å². The van der Waals surface area contributed by atoms with Crippen LogP contribution in [0.4, 0.5) is 5.69 Å². The van der Waals surface area contributed by atoms with E-state index in [2.05, 4.69) is 34.6 Å². The molecule has 1 aliphatic carbocycles. The first-order valence-electron chi connectivity index (χ1n) is 9.16. The Labute approximate surface area is 158 Å². The fourth-order valence-electron chi connectivity index (χ4n) is 3.71. The Morgan fingerprint density at radius 2 is 1.85 bits per heavy atom. The molecule has 0 radical (unpaired) electrons. The summed E-state index contributed by atoms with van der Waals surface area (Å²) >= 11 is 1.33. The van der Waals surface area contributed by atoms with Crippen LogP contribution in [0.1, 0.15) is 60.5 Å². The molecular formula is C19H27N5OS. The van der Waals surface area contributed by atoms with Crippen molar-refractivity contribution >= 4 is 23.4 Å². The van der Waals surface area contributed by atoms with E-state index in [-0.39, 0.29) is 11.7 Å². The average molecular weight is 374 g/mol. The van der Waals surface area contributed by atoms with E-state index >= 15 is 0 Å². The highest BCUT2D eigenvalue weighted by Gasteiger charge is 2.23. The minimum Gasteiger partial charge on any atom is -0.336 e. The van der Waals surface area contributed by atoms with Gasteiger partial charge in [0.15, 0.2) is 5.82 Å². The van der Waals surface area contributed by atoms with Gasteiger partial charge in [-0.3, -0.25) is 4.79 Å². The molecule has 1 aromatic carbocycles. The lowest BCUT2D eigenvalue weighted by molar-refractivity contribution is -0.113. The molecule has 26 heavy (non-hydrogen) atoms. The number of nitrogens with one attached hydrogen (secondary N) is 1. The number of hydrogen-bond donors (Lipinski definition) is 2. The molecule has 0 bridgehead atoms. The number of amides is 1. The standard InChI is InChI=1S/C19H27N5OS/c1-12-9-13(2)17(14(3)10-12)21-16(25)11-26-19-23-22-18(24(19)20)15-7-5-4-6-8-15/h9-10,15H,4-8,11,20H2,1-3H3,(H,21,25). The van der Waals surface area contributed by atoms with Gasteiger partial charge in [0, 0.05) is 11.6 Å². The molecule has 7 heteroatoms. The number of benzene rings is 1. The second-order valence-corrected chi connectivity index (χ2v) is 8.10. The maximum atomic E-state index is 12.4. The largest absolute Gasteiger partial charge is 0.336 e. The van der Waals surface area contributed by atoms with Crippen LogP contribution < -0.4 is 11.2 Å². The van der Waals surface area contributed by atoms with Gasteiger partial charge in [0.2, 0.25) is 11.1 Å². The molecule has 1 aromatic heterocycles. The molecule has 0 aliphatic heterocycles. The Kier molecular flexibility index (Phi) is 5.86. The third-order valence-electron chi connectivity index (χ3n) is 4.94. The van der Waals surface area contributed by atoms with Crippen LogP contribution in [0.15, 0.2) is 17.3 Å². The van der Waals surface area contributed by atoms with Gasteiger partial charge in [-0.25, -0.2) is 4.68 Å². The molecule has 1 heterocycles. The highest BCUT2D eigenvalue weighted by Crippen LogP contribution is 2.32. The molecule has 1 fully saturated rings. The van der Waals surface area contributed by atoms with E-state index < -0.39 is 0 Å². The lowest BCUT2D eigenvalue weighted by Crippen LogP contribution is -2.20. The summed E-state index contributed by atoms with van der Waals surface area (Å²) in [7, 11) is 0. The Balaban J connectivity index is 1.61. The lowest BCUT2D eigenvalue weighted by Gasteiger charge is -2.20. The van der Waals surface area contributed by atoms with Gasteiger partial charge in [0.1, 0.15) is 0 Å². The number of hydrogen-bond acceptors (Lipinski definition) is 5. The first-order valence-corrected chi connectivity index (χ1v) is 10.1. The zero-order chi connectivity index (χ0) is 18.7. The smallest absolute Gasteiger partial charge is 0.234 e. The van der Waals surface area contributed by atoms with Crippen molar-refractivity contribution in [3.05, 3.63) is 34.6 Å². The van der Waals surface area contributed by atoms with E-state index in [0.717, 1.165) is 35.5 Å². The molecule has 1 amide bonds. The van der Waals surface area contributed by atoms with Gasteiger partial charge in [-0.1, -0.05) is 48.7 Å². The van der Waals surface area contributed by atoms with Crippen molar-refractivity contribution in [2.45, 2.75) is 63.9 Å². The summed E-state index contributed by atoms with van der Waals surface area (Å²) in [6.07, 6.45) is 5.96. The highest BCUT2D eigenvalue weighted by atomic mass is 32.2. The van der Waals surface area contributed by atoms with E-state index in [0.29, 0.717) is 11.1 Å². The molecule has 3 N–H and O–H groups in total. The second kappa shape index (κ2) is 8.12. The molecule has 6 nitrogen and oxygen atoms in total. The normalized spacial score (nSPS) is 15.2. The number of carbonyl (C=O) groups is 1. The molecule has 0 saturated heterocycles. The van der Waals surface area contributed by atoms with E-state index in [1.807, 2.05) is 13.8 Å². The summed E-state index contributed by atoms with van der Waals surface area (Å²) < 4.78 is 1.57. The minimum absolute atomic E-state index is 0.0627. The highest BCUT2D eigenvalue weighted by molar-refractivity contribution is 7.99. The number of aryl methyl sites for hydroxylation is 3. The van der Waals surface area contributed by atoms with Crippen molar-refractivity contribution in [2.75, 3.05) is 16.9 Å². The number of thioether (sulfide) groups is 1. The molecule has 1 aliphatic rings. The van der Waals surface area contributed by atoms with E-state index in [1.165, 1.54) is 36.6 Å². The van der Waals surface area contributed by atoms with Crippen LogP contribution in [0.2, 0.25) is 0 Å². The van der Waals surface area contributed by atoms with Gasteiger partial charge >= 0.3 is 0 Å². The van der Waals surface area contributed by atoms with Crippen LogP contribution in [-0.4, -0.2) is 26.5 Å². The Bertz CT molecular complexity index is 772. The maximum absolute atomic E-state index is 12.4. The van der Waals surface area contributed by atoms with Crippen LogP contribution in [0, 0.1) is 20.8 Å². The molecule has 0 atom stereocenters. The van der Waals surface area contributed by atoms with Crippen molar-refractivity contribution < 1.29 is 4.79 Å². The predicted octanol–water partition coefficient (Wildman–Crippen LogP) is 3.70. The third kappa shape index (κ3) is 4.20. The van der Waals surface area contributed by atoms with Gasteiger partial charge in [-0.05, 0) is 44.7 Å². The monoisotopic (exact) mass is 373 g/mol. The Hall–Kier alpha value is -2.02. The zero-order valence-corrected chi connectivity index (χ0v) is 16.5. The summed E-state index contributed by atoms with van der Waals surface area (Å²) in [6, 6.07) is 4.14. The van der Waals surface area contributed by atoms with Crippen molar-refractivity contribution in [3.8, 4) is 0 Å². The number of carbonyl (C=O) groups excluding carboxylic acids is 1. The molecule has 140 valence electrons. The van der Waals surface area contributed by atoms with Gasteiger partial charge in [0.25, 0.3) is 0 Å². The summed E-state index contributed by atoms with van der Waals surface area (Å²) in [5, 5.41) is 12.1. The summed E-state index contributed by atoms with van der Waals surface area (Å²) in [4.78, 5) is 12.4. The molecule has 0 unspecified atom stereocenters. The first kappa shape index (κ1) is 18.8. The van der Waals surface area contributed by atoms with Crippen molar-refractivity contribution in [3.63, 3.8) is 0 Å². The number of aromatic nitrogens is 3. The van der Waals surface area contributed by atoms with E-state index in [4.69, 9.17) is 5.84 Å². The number of nitrogens with zero attached hydrogens (tertiary/aromatic N) is 3. The third-order valence-corrected chi connectivity index (χ3v) is 5.88. The molecular weight excluding hydrogens is 346 g/mol. The number of nitrogen functional groups attached to an aromatic ring is 1. The molecule has 3 rings (SSSR count). The van der Waals surface area contributed by atoms with Crippen molar-refractivity contribution in [2.24, 2.45) is 0 Å². The fourth-order valence-corrected chi connectivity index (χ4v) is 4.37. The number of anilines is 1. The minimum atomic E-state index is -0.0627. The Morgan fingerprint density at radius 1 is 1.19 bits per heavy atom. The Morgan fingerprint density at radius 3 is 2.50 bits per heavy atom. The van der Waals surface area contributed by atoms with Gasteiger partial charge < -0.3 is 11.2 Å².